The molecule has 8 heteroatoms. The molecule has 1 N–H and O–H groups in total. The second-order valence-electron chi connectivity index (χ2n) is 6.23. The predicted molar refractivity (Wildman–Crippen MR) is 90.4 cm³/mol. The van der Waals surface area contributed by atoms with Gasteiger partial charge in [-0.15, -0.1) is 10.2 Å². The van der Waals surface area contributed by atoms with Crippen molar-refractivity contribution in [1.29, 1.82) is 0 Å². The SMILES string of the molecule is Cc1c(C(=O)N[C@@H]2CCc3nnc(C)n3C2)cnn1-c1ccccn1. The first-order chi connectivity index (χ1) is 12.1. The minimum Gasteiger partial charge on any atom is -0.347 e. The number of aromatic nitrogens is 6. The van der Waals surface area contributed by atoms with Crippen LogP contribution in [0.3, 0.4) is 0 Å². The van der Waals surface area contributed by atoms with Gasteiger partial charge in [-0.05, 0) is 32.4 Å². The number of hydrogen-bond acceptors (Lipinski definition) is 5. The smallest absolute Gasteiger partial charge is 0.255 e. The monoisotopic (exact) mass is 337 g/mol. The van der Waals surface area contributed by atoms with Gasteiger partial charge >= 0.3 is 0 Å². The van der Waals surface area contributed by atoms with Crippen LogP contribution in [-0.4, -0.2) is 41.5 Å². The summed E-state index contributed by atoms with van der Waals surface area (Å²) in [5.41, 5.74) is 1.34. The van der Waals surface area contributed by atoms with Gasteiger partial charge in [0, 0.05) is 25.2 Å². The molecule has 1 atom stereocenters. The molecule has 0 bridgehead atoms. The fraction of sp³-hybridized carbons (Fsp3) is 0.353. The first-order valence-electron chi connectivity index (χ1n) is 8.29. The number of carbonyl (C=O) groups excluding carboxylic acids is 1. The lowest BCUT2D eigenvalue weighted by Crippen LogP contribution is -2.41. The van der Waals surface area contributed by atoms with E-state index in [-0.39, 0.29) is 11.9 Å². The Morgan fingerprint density at radius 3 is 2.96 bits per heavy atom. The summed E-state index contributed by atoms with van der Waals surface area (Å²) in [4.78, 5) is 17.0. The van der Waals surface area contributed by atoms with Gasteiger partial charge < -0.3 is 9.88 Å². The minimum absolute atomic E-state index is 0.0623. The molecule has 1 amide bonds. The van der Waals surface area contributed by atoms with Crippen LogP contribution in [0.25, 0.3) is 5.82 Å². The highest BCUT2D eigenvalue weighted by atomic mass is 16.1. The van der Waals surface area contributed by atoms with Crippen LogP contribution in [-0.2, 0) is 13.0 Å². The maximum absolute atomic E-state index is 12.7. The highest BCUT2D eigenvalue weighted by Crippen LogP contribution is 2.16. The fourth-order valence-corrected chi connectivity index (χ4v) is 3.19. The predicted octanol–water partition coefficient (Wildman–Crippen LogP) is 1.22. The van der Waals surface area contributed by atoms with Crippen molar-refractivity contribution in [3.8, 4) is 5.82 Å². The van der Waals surface area contributed by atoms with E-state index in [0.29, 0.717) is 17.9 Å². The zero-order valence-corrected chi connectivity index (χ0v) is 14.2. The number of nitrogens with zero attached hydrogens (tertiary/aromatic N) is 6. The number of hydrogen-bond donors (Lipinski definition) is 1. The van der Waals surface area contributed by atoms with Crippen LogP contribution in [0.15, 0.2) is 30.6 Å². The van der Waals surface area contributed by atoms with Gasteiger partial charge in [-0.1, -0.05) is 6.07 Å². The molecule has 3 aromatic heterocycles. The van der Waals surface area contributed by atoms with E-state index >= 15 is 0 Å². The van der Waals surface area contributed by atoms with Crippen molar-refractivity contribution in [2.75, 3.05) is 0 Å². The number of pyridine rings is 1. The highest BCUT2D eigenvalue weighted by Gasteiger charge is 2.24. The average molecular weight is 337 g/mol. The number of carbonyl (C=O) groups is 1. The Kier molecular flexibility index (Phi) is 3.79. The van der Waals surface area contributed by atoms with E-state index in [0.717, 1.165) is 30.2 Å². The van der Waals surface area contributed by atoms with Gasteiger partial charge in [0.1, 0.15) is 11.6 Å². The molecule has 0 saturated heterocycles. The van der Waals surface area contributed by atoms with Crippen LogP contribution < -0.4 is 5.32 Å². The first kappa shape index (κ1) is 15.5. The molecule has 0 aliphatic carbocycles. The quantitative estimate of drug-likeness (QED) is 0.776. The fourth-order valence-electron chi connectivity index (χ4n) is 3.19. The van der Waals surface area contributed by atoms with Gasteiger partial charge in [-0.25, -0.2) is 9.67 Å². The summed E-state index contributed by atoms with van der Waals surface area (Å²) in [6.45, 7) is 4.51. The van der Waals surface area contributed by atoms with Crippen molar-refractivity contribution in [2.45, 2.75) is 39.3 Å². The van der Waals surface area contributed by atoms with E-state index in [1.54, 1.807) is 17.1 Å². The molecule has 0 radical (unpaired) electrons. The van der Waals surface area contributed by atoms with E-state index in [4.69, 9.17) is 0 Å². The van der Waals surface area contributed by atoms with Gasteiger partial charge in [0.15, 0.2) is 5.82 Å². The molecule has 1 aliphatic heterocycles. The van der Waals surface area contributed by atoms with Gasteiger partial charge in [0.2, 0.25) is 0 Å². The van der Waals surface area contributed by atoms with E-state index < -0.39 is 0 Å². The van der Waals surface area contributed by atoms with Crippen molar-refractivity contribution in [2.24, 2.45) is 0 Å². The third kappa shape index (κ3) is 2.79. The summed E-state index contributed by atoms with van der Waals surface area (Å²) in [7, 11) is 0. The lowest BCUT2D eigenvalue weighted by atomic mass is 10.1. The second kappa shape index (κ2) is 6.12. The third-order valence-electron chi connectivity index (χ3n) is 4.59. The van der Waals surface area contributed by atoms with Gasteiger partial charge in [0.05, 0.1) is 17.5 Å². The molecule has 0 fully saturated rings. The maximum Gasteiger partial charge on any atom is 0.255 e. The Balaban J connectivity index is 1.51. The summed E-state index contributed by atoms with van der Waals surface area (Å²) in [5.74, 6) is 2.45. The Morgan fingerprint density at radius 2 is 2.16 bits per heavy atom. The molecule has 1 aliphatic rings. The topological polar surface area (TPSA) is 90.5 Å². The molecule has 0 aromatic carbocycles. The summed E-state index contributed by atoms with van der Waals surface area (Å²) >= 11 is 0. The molecule has 3 aromatic rings. The average Bonchev–Trinajstić information content (AvgIpc) is 3.19. The normalized spacial score (nSPS) is 16.5. The van der Waals surface area contributed by atoms with E-state index in [9.17, 15) is 4.79 Å². The zero-order chi connectivity index (χ0) is 17.4. The van der Waals surface area contributed by atoms with Gasteiger partial charge in [-0.2, -0.15) is 5.10 Å². The van der Waals surface area contributed by atoms with Crippen molar-refractivity contribution >= 4 is 5.91 Å². The van der Waals surface area contributed by atoms with Crippen LogP contribution in [0, 0.1) is 13.8 Å². The summed E-state index contributed by atoms with van der Waals surface area (Å²) in [6.07, 6.45) is 4.98. The molecule has 4 heterocycles. The van der Waals surface area contributed by atoms with Crippen molar-refractivity contribution in [3.05, 3.63) is 53.5 Å². The first-order valence-corrected chi connectivity index (χ1v) is 8.29. The molecular formula is C17H19N7O. The standard InChI is InChI=1S/C17H19N7O/c1-11-14(9-19-24(11)15-5-3-4-8-18-15)17(25)20-13-6-7-16-22-21-12(2)23(16)10-13/h3-5,8-9,13H,6-7,10H2,1-2H3,(H,20,25)/t13-/m1/s1. The Morgan fingerprint density at radius 1 is 1.28 bits per heavy atom. The van der Waals surface area contributed by atoms with Crippen LogP contribution in [0.5, 0.6) is 0 Å². The molecule has 0 spiro atoms. The number of nitrogens with one attached hydrogen (secondary N) is 1. The molecular weight excluding hydrogens is 318 g/mol. The molecule has 25 heavy (non-hydrogen) atoms. The van der Waals surface area contributed by atoms with E-state index in [2.05, 4.69) is 30.2 Å². The van der Waals surface area contributed by atoms with Crippen molar-refractivity contribution in [3.63, 3.8) is 0 Å². The number of rotatable bonds is 3. The Bertz CT molecular complexity index is 912. The lowest BCUT2D eigenvalue weighted by molar-refractivity contribution is 0.0926. The Hall–Kier alpha value is -3.03. The minimum atomic E-state index is -0.112. The van der Waals surface area contributed by atoms with E-state index in [1.165, 1.54) is 0 Å². The van der Waals surface area contributed by atoms with Crippen LogP contribution in [0.1, 0.15) is 34.1 Å². The Labute approximate surface area is 144 Å². The van der Waals surface area contributed by atoms with Crippen LogP contribution in [0.4, 0.5) is 0 Å². The zero-order valence-electron chi connectivity index (χ0n) is 14.2. The van der Waals surface area contributed by atoms with Crippen molar-refractivity contribution < 1.29 is 4.79 Å². The number of aryl methyl sites for hydroxylation is 2. The molecule has 8 nitrogen and oxygen atoms in total. The number of fused-ring (bicyclic) bond motifs is 1. The largest absolute Gasteiger partial charge is 0.347 e. The second-order valence-corrected chi connectivity index (χ2v) is 6.23. The van der Waals surface area contributed by atoms with Gasteiger partial charge in [-0.3, -0.25) is 4.79 Å². The maximum atomic E-state index is 12.7. The van der Waals surface area contributed by atoms with Crippen LogP contribution >= 0.6 is 0 Å². The van der Waals surface area contributed by atoms with Crippen molar-refractivity contribution in [1.82, 2.24) is 34.8 Å². The molecule has 128 valence electrons. The summed E-state index contributed by atoms with van der Waals surface area (Å²) < 4.78 is 3.75. The van der Waals surface area contributed by atoms with Gasteiger partial charge in [0.25, 0.3) is 5.91 Å². The summed E-state index contributed by atoms with van der Waals surface area (Å²) in [5, 5.41) is 15.7. The summed E-state index contributed by atoms with van der Waals surface area (Å²) in [6, 6.07) is 5.66. The molecule has 4 rings (SSSR count). The number of amides is 1. The lowest BCUT2D eigenvalue weighted by Gasteiger charge is -2.24. The van der Waals surface area contributed by atoms with Crippen LogP contribution in [0.2, 0.25) is 0 Å². The van der Waals surface area contributed by atoms with E-state index in [1.807, 2.05) is 32.0 Å². The highest BCUT2D eigenvalue weighted by molar-refractivity contribution is 5.95. The third-order valence-corrected chi connectivity index (χ3v) is 4.59. The molecule has 0 unspecified atom stereocenters. The molecule has 0 saturated carbocycles.